The zero-order valence-electron chi connectivity index (χ0n) is 15.7. The van der Waals surface area contributed by atoms with E-state index in [1.165, 1.54) is 6.07 Å². The molecule has 0 fully saturated rings. The normalized spacial score (nSPS) is 10.5. The van der Waals surface area contributed by atoms with Gasteiger partial charge in [-0.05, 0) is 18.2 Å². The molecule has 0 radical (unpaired) electrons. The molecule has 0 spiro atoms. The highest BCUT2D eigenvalue weighted by Gasteiger charge is 2.08. The van der Waals surface area contributed by atoms with E-state index in [-0.39, 0.29) is 5.82 Å². The Labute approximate surface area is 168 Å². The van der Waals surface area contributed by atoms with E-state index >= 15 is 0 Å². The maximum atomic E-state index is 13.9. The first-order chi connectivity index (χ1) is 14.3. The summed E-state index contributed by atoms with van der Waals surface area (Å²) in [5.41, 5.74) is 2.39. The molecule has 0 saturated carbocycles. The van der Waals surface area contributed by atoms with Gasteiger partial charge in [-0.25, -0.2) is 14.4 Å². The predicted octanol–water partition coefficient (Wildman–Crippen LogP) is 4.90. The molecule has 144 valence electrons. The van der Waals surface area contributed by atoms with Crippen LogP contribution >= 0.6 is 0 Å². The third-order valence-corrected chi connectivity index (χ3v) is 4.35. The Morgan fingerprint density at radius 2 is 1.41 bits per heavy atom. The van der Waals surface area contributed by atoms with Gasteiger partial charge in [0.1, 0.15) is 17.5 Å². The SMILES string of the molecule is Fc1ccccc1CNc1cc(NCc2ccccn2)nc(-c2ccccc2)n1. The lowest BCUT2D eigenvalue weighted by Gasteiger charge is -2.12. The lowest BCUT2D eigenvalue weighted by Crippen LogP contribution is -2.08. The lowest BCUT2D eigenvalue weighted by molar-refractivity contribution is 0.613. The lowest BCUT2D eigenvalue weighted by atomic mass is 10.2. The van der Waals surface area contributed by atoms with Crippen molar-refractivity contribution in [1.82, 2.24) is 15.0 Å². The Bertz CT molecular complexity index is 1070. The first-order valence-electron chi connectivity index (χ1n) is 9.33. The van der Waals surface area contributed by atoms with E-state index in [4.69, 9.17) is 0 Å². The number of benzene rings is 2. The van der Waals surface area contributed by atoms with Crippen molar-refractivity contribution in [1.29, 1.82) is 0 Å². The molecule has 2 heterocycles. The smallest absolute Gasteiger partial charge is 0.163 e. The molecule has 0 saturated heterocycles. The minimum absolute atomic E-state index is 0.245. The number of rotatable bonds is 7. The summed E-state index contributed by atoms with van der Waals surface area (Å²) in [7, 11) is 0. The van der Waals surface area contributed by atoms with Crippen LogP contribution in [-0.4, -0.2) is 15.0 Å². The topological polar surface area (TPSA) is 62.7 Å². The molecule has 29 heavy (non-hydrogen) atoms. The van der Waals surface area contributed by atoms with E-state index in [1.807, 2.05) is 60.7 Å². The zero-order chi connectivity index (χ0) is 19.9. The summed E-state index contributed by atoms with van der Waals surface area (Å²) < 4.78 is 13.9. The summed E-state index contributed by atoms with van der Waals surface area (Å²) in [6.07, 6.45) is 1.76. The van der Waals surface area contributed by atoms with Crippen molar-refractivity contribution in [2.75, 3.05) is 10.6 Å². The molecule has 0 unspecified atom stereocenters. The van der Waals surface area contributed by atoms with Crippen molar-refractivity contribution in [2.24, 2.45) is 0 Å². The molecular weight excluding hydrogens is 365 g/mol. The Kier molecular flexibility index (Phi) is 5.71. The predicted molar refractivity (Wildman–Crippen MR) is 113 cm³/mol. The van der Waals surface area contributed by atoms with Crippen LogP contribution in [0.25, 0.3) is 11.4 Å². The van der Waals surface area contributed by atoms with Crippen LogP contribution in [0.3, 0.4) is 0 Å². The van der Waals surface area contributed by atoms with Crippen LogP contribution in [0.2, 0.25) is 0 Å². The van der Waals surface area contributed by atoms with Crippen molar-refractivity contribution in [3.63, 3.8) is 0 Å². The largest absolute Gasteiger partial charge is 0.366 e. The van der Waals surface area contributed by atoms with Crippen molar-refractivity contribution >= 4 is 11.6 Å². The van der Waals surface area contributed by atoms with Gasteiger partial charge < -0.3 is 10.6 Å². The first kappa shape index (κ1) is 18.6. The number of aromatic nitrogens is 3. The fraction of sp³-hybridized carbons (Fsp3) is 0.0870. The Morgan fingerprint density at radius 1 is 0.724 bits per heavy atom. The average molecular weight is 385 g/mol. The van der Waals surface area contributed by atoms with Crippen LogP contribution in [0.4, 0.5) is 16.0 Å². The molecule has 4 rings (SSSR count). The van der Waals surface area contributed by atoms with Gasteiger partial charge in [-0.15, -0.1) is 0 Å². The average Bonchev–Trinajstić information content (AvgIpc) is 2.78. The molecule has 5 nitrogen and oxygen atoms in total. The van der Waals surface area contributed by atoms with Gasteiger partial charge in [-0.1, -0.05) is 54.6 Å². The van der Waals surface area contributed by atoms with Gasteiger partial charge in [-0.3, -0.25) is 4.98 Å². The molecule has 2 aromatic heterocycles. The second-order valence-electron chi connectivity index (χ2n) is 6.45. The Morgan fingerprint density at radius 3 is 2.14 bits per heavy atom. The van der Waals surface area contributed by atoms with E-state index in [2.05, 4.69) is 25.6 Å². The van der Waals surface area contributed by atoms with Crippen LogP contribution in [-0.2, 0) is 13.1 Å². The van der Waals surface area contributed by atoms with Gasteiger partial charge in [0.05, 0.1) is 12.2 Å². The third-order valence-electron chi connectivity index (χ3n) is 4.35. The van der Waals surface area contributed by atoms with Crippen LogP contribution in [0.5, 0.6) is 0 Å². The number of nitrogens with one attached hydrogen (secondary N) is 2. The summed E-state index contributed by atoms with van der Waals surface area (Å²) in [4.78, 5) is 13.5. The quantitative estimate of drug-likeness (QED) is 0.474. The number of hydrogen-bond donors (Lipinski definition) is 2. The monoisotopic (exact) mass is 385 g/mol. The second-order valence-corrected chi connectivity index (χ2v) is 6.45. The van der Waals surface area contributed by atoms with Crippen LogP contribution in [0.15, 0.2) is 85.1 Å². The summed E-state index contributed by atoms with van der Waals surface area (Å²) in [6, 6.07) is 24.0. The van der Waals surface area contributed by atoms with Gasteiger partial charge in [-0.2, -0.15) is 0 Å². The number of pyridine rings is 1. The molecule has 4 aromatic rings. The molecule has 0 atom stereocenters. The maximum absolute atomic E-state index is 13.9. The first-order valence-corrected chi connectivity index (χ1v) is 9.33. The summed E-state index contributed by atoms with van der Waals surface area (Å²) in [6.45, 7) is 0.871. The number of nitrogens with zero attached hydrogens (tertiary/aromatic N) is 3. The van der Waals surface area contributed by atoms with Gasteiger partial charge in [0.15, 0.2) is 5.82 Å². The van der Waals surface area contributed by atoms with Crippen molar-refractivity contribution in [2.45, 2.75) is 13.1 Å². The van der Waals surface area contributed by atoms with Crippen LogP contribution in [0.1, 0.15) is 11.3 Å². The molecule has 0 aliphatic rings. The fourth-order valence-corrected chi connectivity index (χ4v) is 2.86. The van der Waals surface area contributed by atoms with Gasteiger partial charge >= 0.3 is 0 Å². The Hall–Kier alpha value is -3.80. The molecule has 0 aliphatic heterocycles. The second kappa shape index (κ2) is 8.93. The zero-order valence-corrected chi connectivity index (χ0v) is 15.7. The number of hydrogen-bond acceptors (Lipinski definition) is 5. The number of anilines is 2. The van der Waals surface area contributed by atoms with Crippen LogP contribution < -0.4 is 10.6 Å². The maximum Gasteiger partial charge on any atom is 0.163 e. The van der Waals surface area contributed by atoms with Gasteiger partial charge in [0.2, 0.25) is 0 Å². The molecule has 0 amide bonds. The third kappa shape index (κ3) is 4.93. The van der Waals surface area contributed by atoms with Crippen molar-refractivity contribution in [3.05, 3.63) is 102 Å². The van der Waals surface area contributed by atoms with Gasteiger partial charge in [0, 0.05) is 29.9 Å². The highest BCUT2D eigenvalue weighted by Crippen LogP contribution is 2.21. The highest BCUT2D eigenvalue weighted by atomic mass is 19.1. The summed E-state index contributed by atoms with van der Waals surface area (Å²) >= 11 is 0. The molecular formula is C23H20FN5. The van der Waals surface area contributed by atoms with E-state index in [9.17, 15) is 4.39 Å². The van der Waals surface area contributed by atoms with E-state index in [1.54, 1.807) is 18.3 Å². The standard InChI is InChI=1S/C23H20FN5/c24-20-12-5-4-10-18(20)15-26-21-14-22(27-16-19-11-6-7-13-25-19)29-23(28-21)17-8-2-1-3-9-17/h1-14H,15-16H2,(H2,26,27,28,29). The summed E-state index contributed by atoms with van der Waals surface area (Å²) in [5.74, 6) is 1.63. The summed E-state index contributed by atoms with van der Waals surface area (Å²) in [5, 5.41) is 6.50. The van der Waals surface area contributed by atoms with E-state index in [0.717, 1.165) is 11.3 Å². The molecule has 2 aromatic carbocycles. The van der Waals surface area contributed by atoms with E-state index < -0.39 is 0 Å². The molecule has 6 heteroatoms. The Balaban J connectivity index is 1.58. The molecule has 0 aliphatic carbocycles. The number of halogens is 1. The molecule has 2 N–H and O–H groups in total. The van der Waals surface area contributed by atoms with Crippen molar-refractivity contribution in [3.8, 4) is 11.4 Å². The van der Waals surface area contributed by atoms with Crippen molar-refractivity contribution < 1.29 is 4.39 Å². The van der Waals surface area contributed by atoms with E-state index in [0.29, 0.717) is 36.1 Å². The highest BCUT2D eigenvalue weighted by molar-refractivity contribution is 5.61. The van der Waals surface area contributed by atoms with Crippen LogP contribution in [0, 0.1) is 5.82 Å². The minimum atomic E-state index is -0.245. The van der Waals surface area contributed by atoms with Gasteiger partial charge in [0.25, 0.3) is 0 Å². The molecule has 0 bridgehead atoms. The minimum Gasteiger partial charge on any atom is -0.366 e. The fourth-order valence-electron chi connectivity index (χ4n) is 2.86.